The summed E-state index contributed by atoms with van der Waals surface area (Å²) in [4.78, 5) is 4.30. The first-order chi connectivity index (χ1) is 11.5. The molecule has 0 aliphatic carbocycles. The molecular weight excluding hydrogens is 349 g/mol. The monoisotopic (exact) mass is 367 g/mol. The van der Waals surface area contributed by atoms with Crippen LogP contribution in [0.2, 0.25) is 10.0 Å². The normalized spacial score (nSPS) is 11.2. The first kappa shape index (κ1) is 18.2. The van der Waals surface area contributed by atoms with E-state index in [4.69, 9.17) is 38.4 Å². The average Bonchev–Trinajstić information content (AvgIpc) is 2.57. The van der Waals surface area contributed by atoms with E-state index in [2.05, 4.69) is 10.3 Å². The van der Waals surface area contributed by atoms with Gasteiger partial charge in [0.25, 0.3) is 0 Å². The molecule has 0 aliphatic heterocycles. The van der Waals surface area contributed by atoms with Gasteiger partial charge in [-0.2, -0.15) is 0 Å². The molecule has 0 atom stereocenters. The van der Waals surface area contributed by atoms with E-state index in [-0.39, 0.29) is 5.96 Å². The molecule has 2 aromatic rings. The maximum Gasteiger partial charge on any atom is 0.193 e. The first-order valence-corrected chi connectivity index (χ1v) is 8.02. The lowest BCUT2D eigenvalue weighted by Crippen LogP contribution is -2.23. The summed E-state index contributed by atoms with van der Waals surface area (Å²) in [7, 11) is 3.18. The quantitative estimate of drug-likeness (QED) is 0.598. The number of methoxy groups -OCH3 is 2. The van der Waals surface area contributed by atoms with Crippen LogP contribution in [0.4, 0.5) is 5.69 Å². The van der Waals surface area contributed by atoms with Crippen molar-refractivity contribution in [3.8, 4) is 11.5 Å². The minimum absolute atomic E-state index is 0.268. The van der Waals surface area contributed by atoms with Gasteiger partial charge in [0.1, 0.15) is 11.5 Å². The number of ether oxygens (including phenoxy) is 2. The zero-order valence-corrected chi connectivity index (χ0v) is 15.0. The van der Waals surface area contributed by atoms with Crippen LogP contribution in [0.3, 0.4) is 0 Å². The lowest BCUT2D eigenvalue weighted by molar-refractivity contribution is 0.405. The van der Waals surface area contributed by atoms with E-state index in [1.54, 1.807) is 44.6 Å². The van der Waals surface area contributed by atoms with Crippen molar-refractivity contribution in [2.24, 2.45) is 10.7 Å². The molecule has 0 saturated heterocycles. The van der Waals surface area contributed by atoms with Gasteiger partial charge in [-0.05, 0) is 36.2 Å². The van der Waals surface area contributed by atoms with Crippen LogP contribution in [0.5, 0.6) is 11.5 Å². The SMILES string of the molecule is COc1ccc(OC)c(NC(N)=NCCc2c(Cl)cccc2Cl)c1. The number of rotatable bonds is 6. The van der Waals surface area contributed by atoms with Gasteiger partial charge in [0.15, 0.2) is 5.96 Å². The fourth-order valence-electron chi connectivity index (χ4n) is 2.15. The van der Waals surface area contributed by atoms with Crippen LogP contribution in [-0.2, 0) is 6.42 Å². The number of nitrogens with zero attached hydrogens (tertiary/aromatic N) is 1. The molecule has 0 spiro atoms. The van der Waals surface area contributed by atoms with Crippen molar-refractivity contribution in [2.75, 3.05) is 26.1 Å². The van der Waals surface area contributed by atoms with Crippen LogP contribution in [0.1, 0.15) is 5.56 Å². The van der Waals surface area contributed by atoms with Crippen LogP contribution in [0.15, 0.2) is 41.4 Å². The Labute approximate surface area is 151 Å². The Morgan fingerprint density at radius 1 is 1.12 bits per heavy atom. The second-order valence-corrected chi connectivity index (χ2v) is 5.72. The summed E-state index contributed by atoms with van der Waals surface area (Å²) in [6, 6.07) is 10.8. The van der Waals surface area contributed by atoms with E-state index in [0.717, 1.165) is 5.56 Å². The molecule has 0 heterocycles. The van der Waals surface area contributed by atoms with Crippen LogP contribution < -0.4 is 20.5 Å². The third-order valence-electron chi connectivity index (χ3n) is 3.38. The highest BCUT2D eigenvalue weighted by molar-refractivity contribution is 6.36. The standard InChI is InChI=1S/C17H19Cl2N3O2/c1-23-11-6-7-16(24-2)15(10-11)22-17(20)21-9-8-12-13(18)4-3-5-14(12)19/h3-7,10H,8-9H2,1-2H3,(H3,20,21,22). The second kappa shape index (κ2) is 8.66. The summed E-state index contributed by atoms with van der Waals surface area (Å²) in [6.07, 6.45) is 0.593. The molecule has 0 radical (unpaired) electrons. The lowest BCUT2D eigenvalue weighted by Gasteiger charge is -2.12. The van der Waals surface area contributed by atoms with E-state index in [1.165, 1.54) is 0 Å². The predicted octanol–water partition coefficient (Wildman–Crippen LogP) is 3.98. The number of anilines is 1. The summed E-state index contributed by atoms with van der Waals surface area (Å²) >= 11 is 12.3. The molecule has 3 N–H and O–H groups in total. The van der Waals surface area contributed by atoms with Gasteiger partial charge < -0.3 is 20.5 Å². The third-order valence-corrected chi connectivity index (χ3v) is 4.08. The number of guanidine groups is 1. The number of benzene rings is 2. The number of nitrogens with one attached hydrogen (secondary N) is 1. The Bertz CT molecular complexity index is 716. The minimum Gasteiger partial charge on any atom is -0.497 e. The van der Waals surface area contributed by atoms with Crippen molar-refractivity contribution in [3.05, 3.63) is 52.0 Å². The molecule has 0 aromatic heterocycles. The highest BCUT2D eigenvalue weighted by atomic mass is 35.5. The van der Waals surface area contributed by atoms with Gasteiger partial charge >= 0.3 is 0 Å². The van der Waals surface area contributed by atoms with Crippen LogP contribution in [0, 0.1) is 0 Å². The second-order valence-electron chi connectivity index (χ2n) is 4.91. The largest absolute Gasteiger partial charge is 0.497 e. The maximum absolute atomic E-state index is 6.14. The third kappa shape index (κ3) is 4.69. The molecule has 5 nitrogen and oxygen atoms in total. The number of halogens is 2. The fourth-order valence-corrected chi connectivity index (χ4v) is 2.74. The Balaban J connectivity index is 2.04. The summed E-state index contributed by atoms with van der Waals surface area (Å²) < 4.78 is 10.5. The molecule has 24 heavy (non-hydrogen) atoms. The van der Waals surface area contributed by atoms with Crippen LogP contribution >= 0.6 is 23.2 Å². The van der Waals surface area contributed by atoms with Gasteiger partial charge in [0.2, 0.25) is 0 Å². The topological polar surface area (TPSA) is 68.9 Å². The number of hydrogen-bond donors (Lipinski definition) is 2. The summed E-state index contributed by atoms with van der Waals surface area (Å²) in [5, 5.41) is 4.26. The van der Waals surface area contributed by atoms with E-state index in [1.807, 2.05) is 6.07 Å². The average molecular weight is 368 g/mol. The molecule has 0 bridgehead atoms. The fraction of sp³-hybridized carbons (Fsp3) is 0.235. The van der Waals surface area contributed by atoms with E-state index in [0.29, 0.717) is 40.2 Å². The van der Waals surface area contributed by atoms with Crippen LogP contribution in [-0.4, -0.2) is 26.7 Å². The Hall–Kier alpha value is -2.11. The van der Waals surface area contributed by atoms with E-state index in [9.17, 15) is 0 Å². The molecule has 0 saturated carbocycles. The highest BCUT2D eigenvalue weighted by Gasteiger charge is 2.07. The minimum atomic E-state index is 0.268. The molecule has 2 aromatic carbocycles. The van der Waals surface area contributed by atoms with E-state index >= 15 is 0 Å². The highest BCUT2D eigenvalue weighted by Crippen LogP contribution is 2.28. The van der Waals surface area contributed by atoms with Gasteiger partial charge in [0, 0.05) is 22.7 Å². The Morgan fingerprint density at radius 3 is 2.46 bits per heavy atom. The van der Waals surface area contributed by atoms with E-state index < -0.39 is 0 Å². The number of hydrogen-bond acceptors (Lipinski definition) is 3. The summed E-state index contributed by atoms with van der Waals surface area (Å²) in [5.74, 6) is 1.60. The zero-order chi connectivity index (χ0) is 17.5. The zero-order valence-electron chi connectivity index (χ0n) is 13.5. The Kier molecular flexibility index (Phi) is 6.58. The number of aliphatic imine (C=N–C) groups is 1. The lowest BCUT2D eigenvalue weighted by atomic mass is 10.1. The van der Waals surface area contributed by atoms with Crippen LogP contribution in [0.25, 0.3) is 0 Å². The molecule has 0 amide bonds. The van der Waals surface area contributed by atoms with Crippen molar-refractivity contribution in [3.63, 3.8) is 0 Å². The molecule has 0 fully saturated rings. The predicted molar refractivity (Wildman–Crippen MR) is 99.8 cm³/mol. The number of nitrogens with two attached hydrogens (primary N) is 1. The van der Waals surface area contributed by atoms with Gasteiger partial charge in [-0.3, -0.25) is 4.99 Å². The molecule has 0 aliphatic rings. The van der Waals surface area contributed by atoms with Crippen molar-refractivity contribution < 1.29 is 9.47 Å². The van der Waals surface area contributed by atoms with Crippen molar-refractivity contribution in [1.29, 1.82) is 0 Å². The summed E-state index contributed by atoms with van der Waals surface area (Å²) in [5.41, 5.74) is 7.47. The Morgan fingerprint density at radius 2 is 1.83 bits per heavy atom. The molecule has 128 valence electrons. The van der Waals surface area contributed by atoms with Gasteiger partial charge in [-0.25, -0.2) is 0 Å². The van der Waals surface area contributed by atoms with Crippen molar-refractivity contribution >= 4 is 34.8 Å². The first-order valence-electron chi connectivity index (χ1n) is 7.27. The smallest absolute Gasteiger partial charge is 0.193 e. The van der Waals surface area contributed by atoms with Crippen molar-refractivity contribution in [2.45, 2.75) is 6.42 Å². The van der Waals surface area contributed by atoms with Gasteiger partial charge in [0.05, 0.1) is 19.9 Å². The van der Waals surface area contributed by atoms with Crippen molar-refractivity contribution in [1.82, 2.24) is 0 Å². The molecule has 2 rings (SSSR count). The molecule has 7 heteroatoms. The van der Waals surface area contributed by atoms with Gasteiger partial charge in [-0.1, -0.05) is 29.3 Å². The maximum atomic E-state index is 6.14. The summed E-state index contributed by atoms with van der Waals surface area (Å²) in [6.45, 7) is 0.453. The molecular formula is C17H19Cl2N3O2. The molecule has 0 unspecified atom stereocenters. The van der Waals surface area contributed by atoms with Gasteiger partial charge in [-0.15, -0.1) is 0 Å².